The number of benzene rings is 2. The molecule has 0 fully saturated rings. The quantitative estimate of drug-likeness (QED) is 0.674. The van der Waals surface area contributed by atoms with Gasteiger partial charge in [-0.1, -0.05) is 18.2 Å². The Morgan fingerprint density at radius 3 is 2.41 bits per heavy atom. The highest BCUT2D eigenvalue weighted by atomic mass is 19.1. The molecule has 1 heterocycles. The summed E-state index contributed by atoms with van der Waals surface area (Å²) in [4.78, 5) is 23.8. The number of carbonyl (C=O) groups is 2. The Bertz CT molecular complexity index is 957. The summed E-state index contributed by atoms with van der Waals surface area (Å²) in [5, 5.41) is 0. The van der Waals surface area contributed by atoms with Crippen LogP contribution in [-0.4, -0.2) is 11.8 Å². The first-order valence-corrected chi connectivity index (χ1v) is 7.85. The molecule has 6 nitrogen and oxygen atoms in total. The molecule has 0 radical (unpaired) electrons. The van der Waals surface area contributed by atoms with Gasteiger partial charge in [0.2, 0.25) is 0 Å². The average molecular weight is 372 g/mol. The first-order valence-electron chi connectivity index (χ1n) is 7.85. The summed E-state index contributed by atoms with van der Waals surface area (Å²) in [6.07, 6.45) is 0. The lowest BCUT2D eigenvalue weighted by atomic mass is 10.2. The number of nitrogens with one attached hydrogen (secondary N) is 2. The molecule has 0 saturated heterocycles. The van der Waals surface area contributed by atoms with Crippen molar-refractivity contribution in [2.45, 2.75) is 6.61 Å². The van der Waals surface area contributed by atoms with E-state index in [2.05, 4.69) is 5.43 Å². The van der Waals surface area contributed by atoms with Crippen molar-refractivity contribution in [3.8, 4) is 5.75 Å². The fourth-order valence-electron chi connectivity index (χ4n) is 2.16. The molecule has 0 unspecified atom stereocenters. The second-order valence-electron chi connectivity index (χ2n) is 5.40. The fraction of sp³-hybridized carbons (Fsp3) is 0.0526. The van der Waals surface area contributed by atoms with E-state index in [4.69, 9.17) is 9.15 Å². The average Bonchev–Trinajstić information content (AvgIpc) is 3.14. The minimum atomic E-state index is -1.04. The van der Waals surface area contributed by atoms with Gasteiger partial charge in [0.05, 0.1) is 5.56 Å². The topological polar surface area (TPSA) is 80.6 Å². The zero-order chi connectivity index (χ0) is 19.2. The molecule has 3 aromatic rings. The lowest BCUT2D eigenvalue weighted by Gasteiger charge is -2.07. The zero-order valence-corrected chi connectivity index (χ0v) is 13.9. The van der Waals surface area contributed by atoms with Gasteiger partial charge in [0.25, 0.3) is 5.91 Å². The highest BCUT2D eigenvalue weighted by Crippen LogP contribution is 2.14. The maximum atomic E-state index is 13.5. The Morgan fingerprint density at radius 1 is 0.926 bits per heavy atom. The van der Waals surface area contributed by atoms with Crippen LogP contribution in [0.1, 0.15) is 26.7 Å². The predicted octanol–water partition coefficient (Wildman–Crippen LogP) is 3.21. The highest BCUT2D eigenvalue weighted by molar-refractivity contribution is 5.98. The van der Waals surface area contributed by atoms with Crippen molar-refractivity contribution in [3.63, 3.8) is 0 Å². The number of para-hydroxylation sites is 1. The lowest BCUT2D eigenvalue weighted by Crippen LogP contribution is -2.41. The van der Waals surface area contributed by atoms with Crippen LogP contribution in [0.3, 0.4) is 0 Å². The van der Waals surface area contributed by atoms with E-state index >= 15 is 0 Å². The molecule has 8 heteroatoms. The second-order valence-corrected chi connectivity index (χ2v) is 5.40. The minimum absolute atomic E-state index is 0.0680. The maximum Gasteiger partial charge on any atom is 0.305 e. The van der Waals surface area contributed by atoms with Crippen molar-refractivity contribution in [3.05, 3.63) is 89.4 Å². The number of carbonyl (C=O) groups excluding carboxylic acids is 2. The van der Waals surface area contributed by atoms with Gasteiger partial charge < -0.3 is 9.15 Å². The van der Waals surface area contributed by atoms with E-state index in [9.17, 15) is 18.4 Å². The Kier molecular flexibility index (Phi) is 5.46. The standard InChI is InChI=1S/C19H14F2N2O4/c20-12-6-8-15(16(21)10-12)18(24)22-23-19(25)17-9-7-14(27-17)11-26-13-4-2-1-3-5-13/h1-10H,11H2,(H,22,24)(H,23,25). The third-order valence-corrected chi connectivity index (χ3v) is 3.48. The summed E-state index contributed by atoms with van der Waals surface area (Å²) in [7, 11) is 0. The van der Waals surface area contributed by atoms with Crippen molar-refractivity contribution in [2.75, 3.05) is 0 Å². The van der Waals surface area contributed by atoms with Crippen LogP contribution in [0.4, 0.5) is 8.78 Å². The van der Waals surface area contributed by atoms with Gasteiger partial charge in [-0.05, 0) is 36.4 Å². The SMILES string of the molecule is O=C(NNC(=O)c1ccc(F)cc1F)c1ccc(COc2ccccc2)o1. The normalized spacial score (nSPS) is 10.3. The van der Waals surface area contributed by atoms with Crippen molar-refractivity contribution in [1.82, 2.24) is 10.9 Å². The van der Waals surface area contributed by atoms with Gasteiger partial charge in [0, 0.05) is 6.07 Å². The highest BCUT2D eigenvalue weighted by Gasteiger charge is 2.16. The largest absolute Gasteiger partial charge is 0.486 e. The molecule has 2 N–H and O–H groups in total. The van der Waals surface area contributed by atoms with Gasteiger partial charge in [0.1, 0.15) is 29.8 Å². The summed E-state index contributed by atoms with van der Waals surface area (Å²) >= 11 is 0. The van der Waals surface area contributed by atoms with Crippen LogP contribution < -0.4 is 15.6 Å². The second kappa shape index (κ2) is 8.13. The van der Waals surface area contributed by atoms with Crippen molar-refractivity contribution in [1.29, 1.82) is 0 Å². The number of halogens is 2. The Balaban J connectivity index is 1.54. The Labute approximate surface area is 152 Å². The summed E-state index contributed by atoms with van der Waals surface area (Å²) in [5.41, 5.74) is 3.72. The smallest absolute Gasteiger partial charge is 0.305 e. The number of hydrogen-bond acceptors (Lipinski definition) is 4. The third-order valence-electron chi connectivity index (χ3n) is 3.48. The number of rotatable bonds is 5. The van der Waals surface area contributed by atoms with Crippen LogP contribution in [-0.2, 0) is 6.61 Å². The van der Waals surface area contributed by atoms with Crippen LogP contribution in [0.15, 0.2) is 65.1 Å². The molecule has 3 rings (SSSR count). The fourth-order valence-corrected chi connectivity index (χ4v) is 2.16. The van der Waals surface area contributed by atoms with Crippen LogP contribution >= 0.6 is 0 Å². The number of amides is 2. The Morgan fingerprint density at radius 2 is 1.67 bits per heavy atom. The number of ether oxygens (including phenoxy) is 1. The third kappa shape index (κ3) is 4.69. The van der Waals surface area contributed by atoms with Crippen molar-refractivity contribution in [2.24, 2.45) is 0 Å². The molecule has 0 aliphatic rings. The molecule has 138 valence electrons. The van der Waals surface area contributed by atoms with E-state index in [1.165, 1.54) is 6.07 Å². The molecule has 0 saturated carbocycles. The number of hydrazine groups is 1. The monoisotopic (exact) mass is 372 g/mol. The van der Waals surface area contributed by atoms with Gasteiger partial charge in [-0.3, -0.25) is 20.4 Å². The molecule has 2 aromatic carbocycles. The summed E-state index contributed by atoms with van der Waals surface area (Å²) < 4.78 is 37.2. The summed E-state index contributed by atoms with van der Waals surface area (Å²) in [5.74, 6) is -2.54. The van der Waals surface area contributed by atoms with Crippen LogP contribution in [0.2, 0.25) is 0 Å². The van der Waals surface area contributed by atoms with Crippen LogP contribution in [0.5, 0.6) is 5.75 Å². The van der Waals surface area contributed by atoms with Gasteiger partial charge in [-0.25, -0.2) is 8.78 Å². The minimum Gasteiger partial charge on any atom is -0.486 e. The molecule has 1 aromatic heterocycles. The van der Waals surface area contributed by atoms with Crippen molar-refractivity contribution < 1.29 is 27.5 Å². The van der Waals surface area contributed by atoms with E-state index in [0.717, 1.165) is 12.1 Å². The van der Waals surface area contributed by atoms with E-state index < -0.39 is 29.0 Å². The molecule has 0 aliphatic heterocycles. The molecule has 27 heavy (non-hydrogen) atoms. The Hall–Kier alpha value is -3.68. The first-order chi connectivity index (χ1) is 13.0. The van der Waals surface area contributed by atoms with E-state index in [0.29, 0.717) is 17.6 Å². The molecular formula is C19H14F2N2O4. The molecule has 0 aliphatic carbocycles. The number of furan rings is 1. The lowest BCUT2D eigenvalue weighted by molar-refractivity contribution is 0.0826. The predicted molar refractivity (Wildman–Crippen MR) is 90.8 cm³/mol. The van der Waals surface area contributed by atoms with Gasteiger partial charge in [-0.15, -0.1) is 0 Å². The van der Waals surface area contributed by atoms with Gasteiger partial charge in [0.15, 0.2) is 5.76 Å². The number of hydrogen-bond donors (Lipinski definition) is 2. The van der Waals surface area contributed by atoms with Crippen molar-refractivity contribution >= 4 is 11.8 Å². The van der Waals surface area contributed by atoms with E-state index in [1.54, 1.807) is 18.2 Å². The van der Waals surface area contributed by atoms with Crippen LogP contribution in [0.25, 0.3) is 0 Å². The van der Waals surface area contributed by atoms with E-state index in [-0.39, 0.29) is 12.4 Å². The molecule has 0 bridgehead atoms. The van der Waals surface area contributed by atoms with Gasteiger partial charge in [-0.2, -0.15) is 0 Å². The molecule has 0 spiro atoms. The van der Waals surface area contributed by atoms with Gasteiger partial charge >= 0.3 is 5.91 Å². The van der Waals surface area contributed by atoms with Crippen LogP contribution in [0, 0.1) is 11.6 Å². The van der Waals surface area contributed by atoms with E-state index in [1.807, 2.05) is 23.6 Å². The maximum absolute atomic E-state index is 13.5. The first kappa shape index (κ1) is 18.1. The molecule has 0 atom stereocenters. The summed E-state index contributed by atoms with van der Waals surface area (Å²) in [6, 6.07) is 14.5. The molecule has 2 amide bonds. The molecular weight excluding hydrogens is 358 g/mol. The summed E-state index contributed by atoms with van der Waals surface area (Å²) in [6.45, 7) is 0.116. The zero-order valence-electron chi connectivity index (χ0n) is 13.9.